The quantitative estimate of drug-likeness (QED) is 0.879. The summed E-state index contributed by atoms with van der Waals surface area (Å²) in [6.07, 6.45) is 0. The van der Waals surface area contributed by atoms with Crippen LogP contribution in [0.25, 0.3) is 0 Å². The second kappa shape index (κ2) is 5.50. The fraction of sp³-hybridized carbons (Fsp3) is 0.143. The van der Waals surface area contributed by atoms with Gasteiger partial charge in [0, 0.05) is 5.56 Å². The van der Waals surface area contributed by atoms with Crippen molar-refractivity contribution in [1.29, 1.82) is 0 Å². The predicted molar refractivity (Wildman–Crippen MR) is 74.7 cm³/mol. The third-order valence-electron chi connectivity index (χ3n) is 2.85. The highest BCUT2D eigenvalue weighted by molar-refractivity contribution is 7.90. The molecular formula is C14H14FNO3S. The van der Waals surface area contributed by atoms with Gasteiger partial charge in [-0.2, -0.15) is 0 Å². The Bertz CT molecular complexity index is 729. The lowest BCUT2D eigenvalue weighted by Crippen LogP contribution is -2.07. The molecule has 0 saturated heterocycles. The molecule has 106 valence electrons. The van der Waals surface area contributed by atoms with Gasteiger partial charge in [0.15, 0.2) is 9.84 Å². The first-order valence-electron chi connectivity index (χ1n) is 5.84. The van der Waals surface area contributed by atoms with Crippen molar-refractivity contribution in [3.63, 3.8) is 0 Å². The maximum atomic E-state index is 13.8. The van der Waals surface area contributed by atoms with Crippen LogP contribution in [0.15, 0.2) is 47.4 Å². The van der Waals surface area contributed by atoms with Gasteiger partial charge < -0.3 is 10.5 Å². The number of rotatable bonds is 4. The number of nitrogens with two attached hydrogens (primary N) is 1. The molecule has 0 aromatic heterocycles. The van der Waals surface area contributed by atoms with E-state index in [2.05, 4.69) is 0 Å². The van der Waals surface area contributed by atoms with Gasteiger partial charge in [0.25, 0.3) is 0 Å². The van der Waals surface area contributed by atoms with Gasteiger partial charge >= 0.3 is 0 Å². The molecule has 0 radical (unpaired) electrons. The number of sulfone groups is 1. The minimum atomic E-state index is -3.66. The van der Waals surface area contributed by atoms with E-state index in [-0.39, 0.29) is 16.1 Å². The number of halogens is 1. The van der Waals surface area contributed by atoms with Crippen molar-refractivity contribution >= 4 is 15.5 Å². The Morgan fingerprint density at radius 3 is 2.60 bits per heavy atom. The van der Waals surface area contributed by atoms with Crippen molar-refractivity contribution in [2.45, 2.75) is 10.6 Å². The fourth-order valence-corrected chi connectivity index (χ4v) is 3.17. The largest absolute Gasteiger partial charge is 0.497 e. The highest BCUT2D eigenvalue weighted by Crippen LogP contribution is 2.23. The van der Waals surface area contributed by atoms with Crippen LogP contribution in [-0.2, 0) is 15.6 Å². The van der Waals surface area contributed by atoms with Gasteiger partial charge in [-0.25, -0.2) is 12.8 Å². The minimum absolute atomic E-state index is 0.0489. The zero-order chi connectivity index (χ0) is 14.8. The van der Waals surface area contributed by atoms with Crippen molar-refractivity contribution in [2.24, 2.45) is 0 Å². The average molecular weight is 295 g/mol. The first kappa shape index (κ1) is 14.3. The Morgan fingerprint density at radius 1 is 1.20 bits per heavy atom. The molecule has 20 heavy (non-hydrogen) atoms. The molecule has 4 nitrogen and oxygen atoms in total. The summed E-state index contributed by atoms with van der Waals surface area (Å²) >= 11 is 0. The molecule has 0 aliphatic carbocycles. The zero-order valence-corrected chi connectivity index (χ0v) is 11.7. The van der Waals surface area contributed by atoms with E-state index in [0.29, 0.717) is 5.75 Å². The van der Waals surface area contributed by atoms with Crippen LogP contribution in [0.3, 0.4) is 0 Å². The second-order valence-electron chi connectivity index (χ2n) is 4.26. The monoisotopic (exact) mass is 295 g/mol. The Kier molecular flexibility index (Phi) is 3.94. The van der Waals surface area contributed by atoms with E-state index in [4.69, 9.17) is 10.5 Å². The van der Waals surface area contributed by atoms with Crippen LogP contribution in [0, 0.1) is 5.82 Å². The van der Waals surface area contributed by atoms with E-state index < -0.39 is 21.4 Å². The Morgan fingerprint density at radius 2 is 1.90 bits per heavy atom. The number of hydrogen-bond acceptors (Lipinski definition) is 4. The first-order valence-corrected chi connectivity index (χ1v) is 7.49. The molecule has 0 aliphatic heterocycles. The number of anilines is 1. The number of methoxy groups -OCH3 is 1. The number of ether oxygens (including phenoxy) is 1. The molecule has 2 aromatic carbocycles. The van der Waals surface area contributed by atoms with Gasteiger partial charge in [0.2, 0.25) is 0 Å². The van der Waals surface area contributed by atoms with Crippen molar-refractivity contribution in [3.05, 3.63) is 53.8 Å². The summed E-state index contributed by atoms with van der Waals surface area (Å²) < 4.78 is 43.3. The first-order chi connectivity index (χ1) is 9.44. The molecule has 0 saturated carbocycles. The van der Waals surface area contributed by atoms with Gasteiger partial charge in [-0.1, -0.05) is 18.2 Å². The summed E-state index contributed by atoms with van der Waals surface area (Å²) in [6.45, 7) is 0. The topological polar surface area (TPSA) is 69.4 Å². The molecule has 0 fully saturated rings. The second-order valence-corrected chi connectivity index (χ2v) is 6.25. The molecule has 6 heteroatoms. The molecule has 0 spiro atoms. The third-order valence-corrected chi connectivity index (χ3v) is 4.52. The summed E-state index contributed by atoms with van der Waals surface area (Å²) in [5.74, 6) is -0.713. The summed E-state index contributed by atoms with van der Waals surface area (Å²) in [6, 6.07) is 10.4. The highest BCUT2D eigenvalue weighted by Gasteiger charge is 2.19. The SMILES string of the molecule is COc1cccc(S(=O)(=O)Cc2cccc(N)c2F)c1. The van der Waals surface area contributed by atoms with E-state index in [9.17, 15) is 12.8 Å². The van der Waals surface area contributed by atoms with Crippen LogP contribution in [0.4, 0.5) is 10.1 Å². The van der Waals surface area contributed by atoms with Gasteiger partial charge in [-0.05, 0) is 24.3 Å². The average Bonchev–Trinajstić information content (AvgIpc) is 2.44. The van der Waals surface area contributed by atoms with Gasteiger partial charge in [0.05, 0.1) is 23.4 Å². The molecule has 0 heterocycles. The Labute approximate surface area is 116 Å². The molecular weight excluding hydrogens is 281 g/mol. The van der Waals surface area contributed by atoms with Gasteiger partial charge in [-0.15, -0.1) is 0 Å². The molecule has 2 aromatic rings. The van der Waals surface area contributed by atoms with E-state index in [0.717, 1.165) is 0 Å². The molecule has 0 unspecified atom stereocenters. The van der Waals surface area contributed by atoms with Gasteiger partial charge in [-0.3, -0.25) is 0 Å². The maximum absolute atomic E-state index is 13.8. The van der Waals surface area contributed by atoms with Crippen molar-refractivity contribution < 1.29 is 17.5 Å². The predicted octanol–water partition coefficient (Wildman–Crippen LogP) is 2.39. The van der Waals surface area contributed by atoms with Crippen LogP contribution >= 0.6 is 0 Å². The number of benzene rings is 2. The highest BCUT2D eigenvalue weighted by atomic mass is 32.2. The van der Waals surface area contributed by atoms with E-state index in [1.807, 2.05) is 0 Å². The Balaban J connectivity index is 2.38. The van der Waals surface area contributed by atoms with Crippen molar-refractivity contribution in [1.82, 2.24) is 0 Å². The third kappa shape index (κ3) is 2.91. The standard InChI is InChI=1S/C14H14FNO3S/c1-19-11-5-3-6-12(8-11)20(17,18)9-10-4-2-7-13(16)14(10)15/h2-8H,9,16H2,1H3. The van der Waals surface area contributed by atoms with Crippen LogP contribution in [0.1, 0.15) is 5.56 Å². The van der Waals surface area contributed by atoms with Crippen molar-refractivity contribution in [3.8, 4) is 5.75 Å². The maximum Gasteiger partial charge on any atom is 0.182 e. The molecule has 0 aliphatic rings. The molecule has 2 rings (SSSR count). The van der Waals surface area contributed by atoms with Crippen LogP contribution in [-0.4, -0.2) is 15.5 Å². The normalized spacial score (nSPS) is 11.3. The summed E-state index contributed by atoms with van der Waals surface area (Å²) in [7, 11) is -2.21. The lowest BCUT2D eigenvalue weighted by molar-refractivity contribution is 0.413. The summed E-state index contributed by atoms with van der Waals surface area (Å²) in [4.78, 5) is 0.0821. The Hall–Kier alpha value is -2.08. The fourth-order valence-electron chi connectivity index (χ4n) is 1.79. The smallest absolute Gasteiger partial charge is 0.182 e. The number of hydrogen-bond donors (Lipinski definition) is 1. The summed E-state index contributed by atoms with van der Waals surface area (Å²) in [5, 5.41) is 0. The van der Waals surface area contributed by atoms with Gasteiger partial charge in [0.1, 0.15) is 11.6 Å². The van der Waals surface area contributed by atoms with E-state index in [1.165, 1.54) is 37.4 Å². The van der Waals surface area contributed by atoms with Crippen molar-refractivity contribution in [2.75, 3.05) is 12.8 Å². The molecule has 0 bridgehead atoms. The van der Waals surface area contributed by atoms with E-state index in [1.54, 1.807) is 12.1 Å². The lowest BCUT2D eigenvalue weighted by atomic mass is 10.2. The molecule has 2 N–H and O–H groups in total. The van der Waals surface area contributed by atoms with Crippen LogP contribution in [0.5, 0.6) is 5.75 Å². The molecule has 0 atom stereocenters. The minimum Gasteiger partial charge on any atom is -0.497 e. The number of nitrogen functional groups attached to an aromatic ring is 1. The lowest BCUT2D eigenvalue weighted by Gasteiger charge is -2.08. The molecule has 0 amide bonds. The summed E-state index contributed by atoms with van der Waals surface area (Å²) in [5.41, 5.74) is 5.42. The van der Waals surface area contributed by atoms with Crippen LogP contribution in [0.2, 0.25) is 0 Å². The zero-order valence-electron chi connectivity index (χ0n) is 10.8. The van der Waals surface area contributed by atoms with Crippen LogP contribution < -0.4 is 10.5 Å². The van der Waals surface area contributed by atoms with E-state index >= 15 is 0 Å².